The highest BCUT2D eigenvalue weighted by Gasteiger charge is 2.24. The first kappa shape index (κ1) is 12.0. The van der Waals surface area contributed by atoms with Crippen LogP contribution in [0, 0.1) is 0 Å². The summed E-state index contributed by atoms with van der Waals surface area (Å²) in [7, 11) is -2.81. The second kappa shape index (κ2) is 4.62. The number of piperidine rings is 1. The molecule has 0 spiro atoms. The fraction of sp³-hybridized carbons (Fsp3) is 1.00. The third-order valence-electron chi connectivity index (χ3n) is 3.10. The number of hydrogen-bond donors (Lipinski definition) is 0. The summed E-state index contributed by atoms with van der Waals surface area (Å²) in [5.41, 5.74) is 0. The Labute approximate surface area is 87.4 Å². The number of sulfone groups is 1. The van der Waals surface area contributed by atoms with Crippen LogP contribution >= 0.6 is 0 Å². The predicted octanol–water partition coefficient (Wildman–Crippen LogP) is 1.29. The minimum absolute atomic E-state index is 0.293. The molecule has 0 aromatic carbocycles. The summed E-state index contributed by atoms with van der Waals surface area (Å²) in [6.45, 7) is 5.08. The Morgan fingerprint density at radius 1 is 1.21 bits per heavy atom. The Morgan fingerprint density at radius 3 is 2.14 bits per heavy atom. The molecule has 0 aliphatic carbocycles. The molecule has 0 saturated carbocycles. The molecular weight excluding hydrogens is 198 g/mol. The maximum atomic E-state index is 11.1. The Hall–Kier alpha value is -0.0900. The monoisotopic (exact) mass is 219 g/mol. The Bertz CT molecular complexity index is 264. The number of hydrogen-bond acceptors (Lipinski definition) is 3. The van der Waals surface area contributed by atoms with E-state index in [0.29, 0.717) is 24.4 Å². The molecule has 4 heteroatoms. The summed E-state index contributed by atoms with van der Waals surface area (Å²) >= 11 is 0. The second-order valence-electron chi connectivity index (χ2n) is 4.50. The first-order valence-corrected chi connectivity index (χ1v) is 7.39. The van der Waals surface area contributed by atoms with E-state index in [1.165, 1.54) is 25.5 Å². The molecule has 1 rings (SSSR count). The topological polar surface area (TPSA) is 37.4 Å². The normalized spacial score (nSPS) is 30.5. The van der Waals surface area contributed by atoms with Crippen LogP contribution in [0.3, 0.4) is 0 Å². The molecular formula is C10H21NO2S. The molecule has 0 bridgehead atoms. The highest BCUT2D eigenvalue weighted by molar-refractivity contribution is 7.90. The van der Waals surface area contributed by atoms with E-state index in [4.69, 9.17) is 0 Å². The molecule has 0 radical (unpaired) electrons. The van der Waals surface area contributed by atoms with Crippen LogP contribution in [0.2, 0.25) is 0 Å². The van der Waals surface area contributed by atoms with Crippen molar-refractivity contribution in [2.24, 2.45) is 0 Å². The maximum absolute atomic E-state index is 11.1. The lowest BCUT2D eigenvalue weighted by Gasteiger charge is -2.38. The van der Waals surface area contributed by atoms with Gasteiger partial charge >= 0.3 is 0 Å². The van der Waals surface area contributed by atoms with Crippen LogP contribution in [0.4, 0.5) is 0 Å². The lowest BCUT2D eigenvalue weighted by atomic mass is 9.98. The van der Waals surface area contributed by atoms with Gasteiger partial charge in [0, 0.05) is 24.9 Å². The van der Waals surface area contributed by atoms with Gasteiger partial charge in [0.25, 0.3) is 0 Å². The zero-order valence-electron chi connectivity index (χ0n) is 9.36. The van der Waals surface area contributed by atoms with Gasteiger partial charge in [-0.05, 0) is 26.7 Å². The van der Waals surface area contributed by atoms with Crippen LogP contribution in [-0.4, -0.2) is 44.0 Å². The molecule has 1 saturated heterocycles. The van der Waals surface area contributed by atoms with Gasteiger partial charge in [-0.3, -0.25) is 4.90 Å². The summed E-state index contributed by atoms with van der Waals surface area (Å²) < 4.78 is 22.1. The maximum Gasteiger partial charge on any atom is 0.148 e. The number of nitrogens with zero attached hydrogens (tertiary/aromatic N) is 1. The van der Waals surface area contributed by atoms with Crippen molar-refractivity contribution < 1.29 is 8.42 Å². The van der Waals surface area contributed by atoms with Gasteiger partial charge in [-0.15, -0.1) is 0 Å². The highest BCUT2D eigenvalue weighted by Crippen LogP contribution is 2.21. The van der Waals surface area contributed by atoms with E-state index >= 15 is 0 Å². The largest absolute Gasteiger partial charge is 0.297 e. The first-order valence-electron chi connectivity index (χ1n) is 5.33. The van der Waals surface area contributed by atoms with Crippen molar-refractivity contribution >= 4 is 9.84 Å². The van der Waals surface area contributed by atoms with E-state index in [-0.39, 0.29) is 0 Å². The number of rotatable bonds is 3. The first-order chi connectivity index (χ1) is 6.40. The quantitative estimate of drug-likeness (QED) is 0.718. The summed E-state index contributed by atoms with van der Waals surface area (Å²) in [6.07, 6.45) is 4.99. The van der Waals surface area contributed by atoms with Gasteiger partial charge in [-0.1, -0.05) is 6.42 Å². The van der Waals surface area contributed by atoms with Crippen LogP contribution in [-0.2, 0) is 9.84 Å². The smallest absolute Gasteiger partial charge is 0.148 e. The molecule has 1 aliphatic heterocycles. The van der Waals surface area contributed by atoms with Crippen molar-refractivity contribution in [1.29, 1.82) is 0 Å². The van der Waals surface area contributed by atoms with Crippen LogP contribution in [0.5, 0.6) is 0 Å². The molecule has 0 N–H and O–H groups in total. The minimum atomic E-state index is -2.81. The van der Waals surface area contributed by atoms with Crippen molar-refractivity contribution in [3.8, 4) is 0 Å². The van der Waals surface area contributed by atoms with Crippen LogP contribution in [0.25, 0.3) is 0 Å². The molecule has 0 aromatic heterocycles. The molecule has 2 atom stereocenters. The molecule has 14 heavy (non-hydrogen) atoms. The van der Waals surface area contributed by atoms with Crippen LogP contribution in [0.15, 0.2) is 0 Å². The molecule has 1 heterocycles. The molecule has 84 valence electrons. The van der Waals surface area contributed by atoms with Crippen molar-refractivity contribution in [2.75, 3.05) is 18.6 Å². The molecule has 1 fully saturated rings. The van der Waals surface area contributed by atoms with E-state index in [9.17, 15) is 8.42 Å². The van der Waals surface area contributed by atoms with Gasteiger partial charge < -0.3 is 0 Å². The van der Waals surface area contributed by atoms with Gasteiger partial charge in [-0.25, -0.2) is 8.42 Å². The average molecular weight is 219 g/mol. The average Bonchev–Trinajstić information content (AvgIpc) is 2.01. The van der Waals surface area contributed by atoms with E-state index in [2.05, 4.69) is 18.7 Å². The summed E-state index contributed by atoms with van der Waals surface area (Å²) in [6, 6.07) is 1.08. The molecule has 0 unspecified atom stereocenters. The number of likely N-dealkylation sites (tertiary alicyclic amines) is 1. The molecule has 0 aromatic rings. The predicted molar refractivity (Wildman–Crippen MR) is 59.2 cm³/mol. The third-order valence-corrected chi connectivity index (χ3v) is 4.02. The SMILES string of the molecule is C[C@H]1CCC[C@H](C)N1CCS(C)(=O)=O. The van der Waals surface area contributed by atoms with Crippen LogP contribution in [0.1, 0.15) is 33.1 Å². The molecule has 3 nitrogen and oxygen atoms in total. The van der Waals surface area contributed by atoms with Crippen molar-refractivity contribution in [2.45, 2.75) is 45.2 Å². The van der Waals surface area contributed by atoms with Crippen molar-refractivity contribution in [3.63, 3.8) is 0 Å². The van der Waals surface area contributed by atoms with E-state index in [1.807, 2.05) is 0 Å². The zero-order chi connectivity index (χ0) is 10.8. The van der Waals surface area contributed by atoms with Crippen molar-refractivity contribution in [3.05, 3.63) is 0 Å². The van der Waals surface area contributed by atoms with E-state index in [0.717, 1.165) is 0 Å². The summed E-state index contributed by atoms with van der Waals surface area (Å²) in [5.74, 6) is 0.293. The molecule has 0 amide bonds. The summed E-state index contributed by atoms with van der Waals surface area (Å²) in [5, 5.41) is 0. The van der Waals surface area contributed by atoms with Gasteiger partial charge in [0.05, 0.1) is 5.75 Å². The Kier molecular flexibility index (Phi) is 3.95. The van der Waals surface area contributed by atoms with E-state index < -0.39 is 9.84 Å². The highest BCUT2D eigenvalue weighted by atomic mass is 32.2. The van der Waals surface area contributed by atoms with Gasteiger partial charge in [0.2, 0.25) is 0 Å². The fourth-order valence-corrected chi connectivity index (χ4v) is 2.73. The Balaban J connectivity index is 2.48. The van der Waals surface area contributed by atoms with E-state index in [1.54, 1.807) is 0 Å². The lowest BCUT2D eigenvalue weighted by Crippen LogP contribution is -2.45. The molecule has 1 aliphatic rings. The lowest BCUT2D eigenvalue weighted by molar-refractivity contribution is 0.112. The standard InChI is InChI=1S/C10H21NO2S/c1-9-5-4-6-10(2)11(9)7-8-14(3,12)13/h9-10H,4-8H2,1-3H3/t9-,10-/m0/s1. The van der Waals surface area contributed by atoms with Gasteiger partial charge in [0.1, 0.15) is 9.84 Å². The van der Waals surface area contributed by atoms with Gasteiger partial charge in [0.15, 0.2) is 0 Å². The van der Waals surface area contributed by atoms with Crippen molar-refractivity contribution in [1.82, 2.24) is 4.90 Å². The summed E-state index contributed by atoms with van der Waals surface area (Å²) in [4.78, 5) is 2.32. The zero-order valence-corrected chi connectivity index (χ0v) is 10.2. The second-order valence-corrected chi connectivity index (χ2v) is 6.76. The van der Waals surface area contributed by atoms with Gasteiger partial charge in [-0.2, -0.15) is 0 Å². The minimum Gasteiger partial charge on any atom is -0.297 e. The third kappa shape index (κ3) is 3.58. The fourth-order valence-electron chi connectivity index (χ4n) is 2.19. The van der Waals surface area contributed by atoms with Crippen LogP contribution < -0.4 is 0 Å². The Morgan fingerprint density at radius 2 is 1.71 bits per heavy atom.